The Bertz CT molecular complexity index is 1200. The zero-order valence-electron chi connectivity index (χ0n) is 19.1. The molecule has 176 valence electrons. The average molecular weight is 463 g/mol. The van der Waals surface area contributed by atoms with Gasteiger partial charge in [-0.15, -0.1) is 0 Å². The van der Waals surface area contributed by atoms with Crippen LogP contribution in [-0.2, 0) is 14.4 Å². The van der Waals surface area contributed by atoms with Gasteiger partial charge in [0.25, 0.3) is 5.91 Å². The fourth-order valence-electron chi connectivity index (χ4n) is 3.66. The molecule has 0 radical (unpaired) electrons. The molecule has 3 amide bonds. The number of carbonyl (C=O) groups is 5. The fraction of sp³-hybridized carbons (Fsp3) is 0.240. The largest absolute Gasteiger partial charge is 0.481 e. The Morgan fingerprint density at radius 3 is 2.35 bits per heavy atom. The van der Waals surface area contributed by atoms with E-state index in [4.69, 9.17) is 5.11 Å². The number of Topliss-reactive ketones (excluding diaryl/α,β-unsaturated/α-hetero) is 2. The van der Waals surface area contributed by atoms with Crippen LogP contribution in [0.2, 0.25) is 0 Å². The first kappa shape index (κ1) is 24.4. The van der Waals surface area contributed by atoms with Crippen LogP contribution in [0, 0.1) is 0 Å². The summed E-state index contributed by atoms with van der Waals surface area (Å²) in [6, 6.07) is 11.4. The summed E-state index contributed by atoms with van der Waals surface area (Å²) in [5.74, 6) is -2.31. The van der Waals surface area contributed by atoms with Gasteiger partial charge in [-0.25, -0.2) is 4.79 Å². The second kappa shape index (κ2) is 10.1. The minimum atomic E-state index is -1.45. The predicted molar refractivity (Wildman–Crippen MR) is 125 cm³/mol. The van der Waals surface area contributed by atoms with Gasteiger partial charge in [0, 0.05) is 36.6 Å². The Morgan fingerprint density at radius 1 is 1.06 bits per heavy atom. The molecule has 1 aliphatic heterocycles. The Balaban J connectivity index is 2.06. The maximum atomic E-state index is 13.2. The molecular formula is C25H25N3O6. The molecule has 0 fully saturated rings. The van der Waals surface area contributed by atoms with E-state index in [9.17, 15) is 24.0 Å². The van der Waals surface area contributed by atoms with Gasteiger partial charge >= 0.3 is 12.0 Å². The third-order valence-electron chi connectivity index (χ3n) is 5.42. The number of amides is 3. The van der Waals surface area contributed by atoms with E-state index in [-0.39, 0.29) is 24.4 Å². The summed E-state index contributed by atoms with van der Waals surface area (Å²) in [4.78, 5) is 64.1. The first-order valence-electron chi connectivity index (χ1n) is 10.6. The number of nitrogens with one attached hydrogen (secondary N) is 1. The molecule has 0 saturated heterocycles. The molecule has 2 aromatic rings. The molecule has 1 aliphatic rings. The predicted octanol–water partition coefficient (Wildman–Crippen LogP) is 2.86. The summed E-state index contributed by atoms with van der Waals surface area (Å²) < 4.78 is 0. The van der Waals surface area contributed by atoms with E-state index in [1.165, 1.54) is 25.1 Å². The van der Waals surface area contributed by atoms with Gasteiger partial charge in [-0.3, -0.25) is 24.1 Å². The van der Waals surface area contributed by atoms with Crippen molar-refractivity contribution >= 4 is 35.2 Å². The second-order valence-corrected chi connectivity index (χ2v) is 7.96. The van der Waals surface area contributed by atoms with E-state index < -0.39 is 29.7 Å². The number of carbonyl (C=O) groups excluding carboxylic acids is 4. The zero-order valence-corrected chi connectivity index (χ0v) is 19.1. The number of rotatable bonds is 7. The van der Waals surface area contributed by atoms with E-state index >= 15 is 0 Å². The molecule has 9 nitrogen and oxygen atoms in total. The number of urea groups is 1. The quantitative estimate of drug-likeness (QED) is 0.481. The number of carboxylic acids is 1. The Morgan fingerprint density at radius 2 is 1.71 bits per heavy atom. The molecule has 3 rings (SSSR count). The Labute approximate surface area is 196 Å². The molecule has 0 saturated carbocycles. The molecule has 1 unspecified atom stereocenters. The van der Waals surface area contributed by atoms with Crippen molar-refractivity contribution < 1.29 is 29.1 Å². The first-order valence-corrected chi connectivity index (χ1v) is 10.6. The van der Waals surface area contributed by atoms with E-state index in [0.29, 0.717) is 16.7 Å². The number of carboxylic acid groups (broad SMARTS) is 1. The molecule has 0 spiro atoms. The van der Waals surface area contributed by atoms with Crippen LogP contribution in [0.3, 0.4) is 0 Å². The van der Waals surface area contributed by atoms with Crippen LogP contribution in [-0.4, -0.2) is 59.1 Å². The van der Waals surface area contributed by atoms with E-state index in [2.05, 4.69) is 5.32 Å². The molecule has 1 atom stereocenters. The van der Waals surface area contributed by atoms with E-state index in [1.54, 1.807) is 55.5 Å². The SMILES string of the molecule is CC(=O)c1cccc(-c2cccc(N(C(=O)NCCC(=O)O)C3C(=O)C(C)=CN(C)C3=O)c2)c1. The fourth-order valence-corrected chi connectivity index (χ4v) is 3.66. The zero-order chi connectivity index (χ0) is 25.0. The standard InChI is InChI=1S/C25H25N3O6/c1-15-14-27(3)24(33)22(23(15)32)28(25(34)26-11-10-21(30)31)20-9-5-8-19(13-20)18-7-4-6-17(12-18)16(2)29/h4-9,12-14,22H,10-11H2,1-3H3,(H,26,34)(H,30,31). The highest BCUT2D eigenvalue weighted by atomic mass is 16.4. The van der Waals surface area contributed by atoms with Crippen molar-refractivity contribution in [2.24, 2.45) is 0 Å². The van der Waals surface area contributed by atoms with Crippen molar-refractivity contribution in [2.45, 2.75) is 26.3 Å². The third-order valence-corrected chi connectivity index (χ3v) is 5.42. The van der Waals surface area contributed by atoms with Crippen molar-refractivity contribution in [3.05, 3.63) is 65.9 Å². The summed E-state index contributed by atoms with van der Waals surface area (Å²) in [6.07, 6.45) is 1.09. The van der Waals surface area contributed by atoms with Crippen LogP contribution in [0.5, 0.6) is 0 Å². The summed E-state index contributed by atoms with van der Waals surface area (Å²) in [5, 5.41) is 11.4. The van der Waals surface area contributed by atoms with Gasteiger partial charge in [0.1, 0.15) is 0 Å². The van der Waals surface area contributed by atoms with Crippen LogP contribution in [0.1, 0.15) is 30.6 Å². The number of ketones is 2. The molecule has 1 heterocycles. The Hall–Kier alpha value is -4.27. The van der Waals surface area contributed by atoms with Crippen LogP contribution >= 0.6 is 0 Å². The highest BCUT2D eigenvalue weighted by molar-refractivity contribution is 6.21. The summed E-state index contributed by atoms with van der Waals surface area (Å²) in [6.45, 7) is 2.85. The van der Waals surface area contributed by atoms with Gasteiger partial charge in [-0.1, -0.05) is 30.3 Å². The van der Waals surface area contributed by atoms with Gasteiger partial charge in [-0.2, -0.15) is 0 Å². The van der Waals surface area contributed by atoms with Gasteiger partial charge < -0.3 is 15.3 Å². The molecule has 34 heavy (non-hydrogen) atoms. The van der Waals surface area contributed by atoms with E-state index in [1.807, 2.05) is 0 Å². The highest BCUT2D eigenvalue weighted by Gasteiger charge is 2.41. The molecule has 2 N–H and O–H groups in total. The van der Waals surface area contributed by atoms with Gasteiger partial charge in [0.05, 0.1) is 6.42 Å². The number of hydrogen-bond donors (Lipinski definition) is 2. The second-order valence-electron chi connectivity index (χ2n) is 7.96. The van der Waals surface area contributed by atoms with Crippen molar-refractivity contribution in [3.63, 3.8) is 0 Å². The van der Waals surface area contributed by atoms with Crippen LogP contribution in [0.4, 0.5) is 10.5 Å². The van der Waals surface area contributed by atoms with Crippen molar-refractivity contribution in [1.82, 2.24) is 10.2 Å². The van der Waals surface area contributed by atoms with Gasteiger partial charge in [0.2, 0.25) is 0 Å². The maximum absolute atomic E-state index is 13.2. The van der Waals surface area contributed by atoms with Crippen LogP contribution < -0.4 is 10.2 Å². The lowest BCUT2D eigenvalue weighted by molar-refractivity contribution is -0.137. The average Bonchev–Trinajstić information content (AvgIpc) is 2.80. The summed E-state index contributed by atoms with van der Waals surface area (Å²) in [7, 11) is 1.50. The minimum absolute atomic E-state index is 0.0962. The molecule has 2 aromatic carbocycles. The lowest BCUT2D eigenvalue weighted by atomic mass is 9.98. The van der Waals surface area contributed by atoms with Gasteiger partial charge in [0.15, 0.2) is 17.6 Å². The van der Waals surface area contributed by atoms with Crippen LogP contribution in [0.25, 0.3) is 11.1 Å². The monoisotopic (exact) mass is 463 g/mol. The van der Waals surface area contributed by atoms with Crippen molar-refractivity contribution in [2.75, 3.05) is 18.5 Å². The van der Waals surface area contributed by atoms with Crippen molar-refractivity contribution in [1.29, 1.82) is 0 Å². The third kappa shape index (κ3) is 5.20. The number of hydrogen-bond acceptors (Lipinski definition) is 5. The number of nitrogens with zero attached hydrogens (tertiary/aromatic N) is 2. The minimum Gasteiger partial charge on any atom is -0.481 e. The molecule has 0 bridgehead atoms. The number of aliphatic carboxylic acids is 1. The molecule has 0 aromatic heterocycles. The normalized spacial score (nSPS) is 15.6. The first-order chi connectivity index (χ1) is 16.1. The smallest absolute Gasteiger partial charge is 0.323 e. The van der Waals surface area contributed by atoms with Gasteiger partial charge in [-0.05, 0) is 43.2 Å². The molecular weight excluding hydrogens is 438 g/mol. The lowest BCUT2D eigenvalue weighted by Crippen LogP contribution is -2.58. The topological polar surface area (TPSA) is 124 Å². The molecule has 0 aliphatic carbocycles. The Kier molecular flexibility index (Phi) is 7.25. The molecule has 9 heteroatoms. The van der Waals surface area contributed by atoms with Crippen molar-refractivity contribution in [3.8, 4) is 11.1 Å². The summed E-state index contributed by atoms with van der Waals surface area (Å²) >= 11 is 0. The van der Waals surface area contributed by atoms with Crippen LogP contribution in [0.15, 0.2) is 60.3 Å². The highest BCUT2D eigenvalue weighted by Crippen LogP contribution is 2.29. The maximum Gasteiger partial charge on any atom is 0.323 e. The van der Waals surface area contributed by atoms with E-state index in [0.717, 1.165) is 10.5 Å². The number of benzene rings is 2. The number of anilines is 1. The number of likely N-dealkylation sites (N-methyl/N-ethyl adjacent to an activating group) is 1. The lowest BCUT2D eigenvalue weighted by Gasteiger charge is -2.34. The summed E-state index contributed by atoms with van der Waals surface area (Å²) in [5.41, 5.74) is 2.48.